The van der Waals surface area contributed by atoms with Gasteiger partial charge in [0.05, 0.1) is 15.4 Å². The standard InChI is InChI=1S/C13H10N2O7S.K/c16-12-5-4-8(6-11(12)13(17)18)14-23(21,22)10-3-1-2-9(7-10)15(19)20;/h1-7,14,16H,(H,17,18);/p-1. The smallest absolute Gasteiger partial charge is 0.335 e. The Bertz CT molecular complexity index is 899. The van der Waals surface area contributed by atoms with E-state index in [1.807, 2.05) is 0 Å². The average Bonchev–Trinajstić information content (AvgIpc) is 2.49. The van der Waals surface area contributed by atoms with Crippen molar-refractivity contribution >= 4 is 78.8 Å². The maximum absolute atomic E-state index is 12.2. The number of carboxylic acid groups (broad SMARTS) is 1. The van der Waals surface area contributed by atoms with E-state index in [-0.39, 0.29) is 62.0 Å². The Kier molecular flexibility index (Phi) is 6.89. The number of aromatic carboxylic acids is 1. The first kappa shape index (κ1) is 20.5. The maximum Gasteiger partial charge on any atom is 0.335 e. The normalized spacial score (nSPS) is 10.5. The number of rotatable bonds is 5. The molecule has 0 unspecified atom stereocenters. The second-order valence-electron chi connectivity index (χ2n) is 4.38. The van der Waals surface area contributed by atoms with Gasteiger partial charge in [-0.3, -0.25) is 14.8 Å². The Morgan fingerprint density at radius 2 is 1.83 bits per heavy atom. The van der Waals surface area contributed by atoms with Gasteiger partial charge in [-0.05, 0) is 18.2 Å². The molecule has 0 aliphatic heterocycles. The van der Waals surface area contributed by atoms with Crippen LogP contribution in [0.25, 0.3) is 0 Å². The molecule has 0 spiro atoms. The van der Waals surface area contributed by atoms with Crippen molar-refractivity contribution < 1.29 is 28.3 Å². The summed E-state index contributed by atoms with van der Waals surface area (Å²) in [4.78, 5) is 20.5. The molecule has 2 aromatic carbocycles. The van der Waals surface area contributed by atoms with Gasteiger partial charge in [0.25, 0.3) is 15.7 Å². The topological polar surface area (TPSA) is 150 Å². The number of anilines is 1. The number of nitrogens with zero attached hydrogens (tertiary/aromatic N) is 1. The molecule has 0 atom stereocenters. The fourth-order valence-electron chi connectivity index (χ4n) is 1.74. The van der Waals surface area contributed by atoms with E-state index in [9.17, 15) is 28.4 Å². The summed E-state index contributed by atoms with van der Waals surface area (Å²) in [6.07, 6.45) is 0. The molecule has 0 saturated carbocycles. The third-order valence-electron chi connectivity index (χ3n) is 2.80. The van der Waals surface area contributed by atoms with E-state index in [1.54, 1.807) is 0 Å². The third kappa shape index (κ3) is 4.75. The van der Waals surface area contributed by atoms with Crippen molar-refractivity contribution in [3.63, 3.8) is 0 Å². The van der Waals surface area contributed by atoms with Crippen LogP contribution in [-0.2, 0) is 10.0 Å². The molecule has 2 rings (SSSR count). The molecule has 0 bridgehead atoms. The minimum atomic E-state index is -4.17. The molecule has 0 amide bonds. The quantitative estimate of drug-likeness (QED) is 0.445. The third-order valence-corrected chi connectivity index (χ3v) is 4.18. The predicted molar refractivity (Wildman–Crippen MR) is 82.5 cm³/mol. The van der Waals surface area contributed by atoms with Gasteiger partial charge in [0.15, 0.2) is 0 Å². The predicted octanol–water partition coefficient (Wildman–Crippen LogP) is 0.787. The molecular formula is C13H9KN2O7S-. The van der Waals surface area contributed by atoms with Gasteiger partial charge >= 0.3 is 5.97 Å². The van der Waals surface area contributed by atoms with E-state index >= 15 is 0 Å². The van der Waals surface area contributed by atoms with E-state index in [4.69, 9.17) is 5.11 Å². The van der Waals surface area contributed by atoms with Gasteiger partial charge in [0, 0.05) is 69.2 Å². The summed E-state index contributed by atoms with van der Waals surface area (Å²) in [5.74, 6) is -2.26. The molecule has 121 valence electrons. The molecule has 0 aliphatic carbocycles. The van der Waals surface area contributed by atoms with Crippen molar-refractivity contribution in [1.82, 2.24) is 0 Å². The van der Waals surface area contributed by atoms with Crippen LogP contribution in [0.3, 0.4) is 0 Å². The van der Waals surface area contributed by atoms with E-state index in [1.165, 1.54) is 6.07 Å². The van der Waals surface area contributed by atoms with Gasteiger partial charge in [-0.15, -0.1) is 0 Å². The molecule has 0 fully saturated rings. The molecule has 1 radical (unpaired) electrons. The van der Waals surface area contributed by atoms with Gasteiger partial charge in [-0.2, -0.15) is 0 Å². The minimum Gasteiger partial charge on any atom is -0.872 e. The Labute approximate surface area is 178 Å². The molecule has 24 heavy (non-hydrogen) atoms. The number of hydrogen-bond acceptors (Lipinski definition) is 6. The zero-order chi connectivity index (χ0) is 17.2. The van der Waals surface area contributed by atoms with Crippen LogP contribution in [0, 0.1) is 10.1 Å². The summed E-state index contributed by atoms with van der Waals surface area (Å²) in [7, 11) is -4.17. The van der Waals surface area contributed by atoms with Crippen LogP contribution in [0.5, 0.6) is 5.75 Å². The molecular weight excluding hydrogens is 367 g/mol. The van der Waals surface area contributed by atoms with Crippen molar-refractivity contribution in [2.75, 3.05) is 4.72 Å². The van der Waals surface area contributed by atoms with E-state index in [0.717, 1.165) is 36.4 Å². The molecule has 9 nitrogen and oxygen atoms in total. The van der Waals surface area contributed by atoms with Crippen LogP contribution in [0.1, 0.15) is 10.4 Å². The molecule has 0 aromatic heterocycles. The Hall–Kier alpha value is -1.50. The number of nitro groups is 1. The van der Waals surface area contributed by atoms with Crippen LogP contribution in [0.4, 0.5) is 11.4 Å². The van der Waals surface area contributed by atoms with Gasteiger partial charge in [-0.1, -0.05) is 17.9 Å². The fraction of sp³-hybridized carbons (Fsp3) is 0. The Morgan fingerprint density at radius 3 is 2.42 bits per heavy atom. The van der Waals surface area contributed by atoms with Gasteiger partial charge in [-0.25, -0.2) is 13.2 Å². The molecule has 0 aliphatic rings. The zero-order valence-corrected chi connectivity index (χ0v) is 16.2. The number of non-ortho nitro benzene ring substituents is 1. The number of hydrogen-bond donors (Lipinski definition) is 2. The number of nitro benzene ring substituents is 1. The summed E-state index contributed by atoms with van der Waals surface area (Å²) in [6, 6.07) is 7.24. The van der Waals surface area contributed by atoms with Crippen molar-refractivity contribution in [3.8, 4) is 5.75 Å². The molecule has 2 N–H and O–H groups in total. The van der Waals surface area contributed by atoms with Crippen molar-refractivity contribution in [1.29, 1.82) is 0 Å². The van der Waals surface area contributed by atoms with Crippen LogP contribution < -0.4 is 9.83 Å². The first-order valence-corrected chi connectivity index (χ1v) is 7.50. The molecule has 2 aromatic rings. The van der Waals surface area contributed by atoms with E-state index in [2.05, 4.69) is 4.72 Å². The van der Waals surface area contributed by atoms with E-state index in [0.29, 0.717) is 0 Å². The Balaban J connectivity index is 0.00000288. The molecule has 0 heterocycles. The second kappa shape index (κ2) is 8.05. The Morgan fingerprint density at radius 1 is 1.17 bits per heavy atom. The van der Waals surface area contributed by atoms with Gasteiger partial charge < -0.3 is 10.2 Å². The minimum absolute atomic E-state index is 0. The van der Waals surface area contributed by atoms with Gasteiger partial charge in [0.2, 0.25) is 0 Å². The van der Waals surface area contributed by atoms with Crippen LogP contribution in [-0.4, -0.2) is 75.8 Å². The first-order chi connectivity index (χ1) is 10.7. The molecule has 0 saturated heterocycles. The van der Waals surface area contributed by atoms with Crippen molar-refractivity contribution in [2.24, 2.45) is 0 Å². The number of sulfonamides is 1. The zero-order valence-electron chi connectivity index (χ0n) is 12.3. The van der Waals surface area contributed by atoms with Crippen LogP contribution in [0.15, 0.2) is 47.4 Å². The average molecular weight is 376 g/mol. The maximum atomic E-state index is 12.2. The largest absolute Gasteiger partial charge is 0.872 e. The SMILES string of the molecule is O=C(O)c1cc(NS(=O)(=O)c2cccc([N+](=O)[O-])c2)ccc1[O-].[K]. The van der Waals surface area contributed by atoms with E-state index < -0.39 is 37.9 Å². The second-order valence-corrected chi connectivity index (χ2v) is 6.06. The summed E-state index contributed by atoms with van der Waals surface area (Å²) in [5.41, 5.74) is -1.15. The number of carbonyl (C=O) groups is 1. The fourth-order valence-corrected chi connectivity index (χ4v) is 2.83. The summed E-state index contributed by atoms with van der Waals surface area (Å²) >= 11 is 0. The van der Waals surface area contributed by atoms with Crippen LogP contribution >= 0.6 is 0 Å². The first-order valence-electron chi connectivity index (χ1n) is 6.02. The summed E-state index contributed by atoms with van der Waals surface area (Å²) < 4.78 is 26.4. The van der Waals surface area contributed by atoms with Crippen molar-refractivity contribution in [3.05, 3.63) is 58.1 Å². The molecule has 11 heteroatoms. The summed E-state index contributed by atoms with van der Waals surface area (Å²) in [6.45, 7) is 0. The number of nitrogens with one attached hydrogen (secondary N) is 1. The monoisotopic (exact) mass is 376 g/mol. The number of benzene rings is 2. The number of carboxylic acids is 1. The van der Waals surface area contributed by atoms with Crippen LogP contribution in [0.2, 0.25) is 0 Å². The van der Waals surface area contributed by atoms with Gasteiger partial charge in [0.1, 0.15) is 0 Å². The summed E-state index contributed by atoms with van der Waals surface area (Å²) in [5, 5.41) is 30.9. The van der Waals surface area contributed by atoms with Crippen molar-refractivity contribution in [2.45, 2.75) is 4.90 Å².